The van der Waals surface area contributed by atoms with Crippen LogP contribution in [0.2, 0.25) is 0 Å². The predicted octanol–water partition coefficient (Wildman–Crippen LogP) is -0.829. The number of aliphatic hydroxyl groups excluding tert-OH is 1. The second kappa shape index (κ2) is 3.29. The van der Waals surface area contributed by atoms with Crippen LogP contribution < -0.4 is 4.90 Å². The van der Waals surface area contributed by atoms with Gasteiger partial charge in [-0.3, -0.25) is 0 Å². The number of hydrogen-bond donors (Lipinski definition) is 1. The van der Waals surface area contributed by atoms with Crippen molar-refractivity contribution >= 4 is 5.95 Å². The maximum atomic E-state index is 9.31. The molecule has 1 fully saturated rings. The van der Waals surface area contributed by atoms with Gasteiger partial charge in [0, 0.05) is 20.1 Å². The first-order chi connectivity index (χ1) is 6.27. The van der Waals surface area contributed by atoms with Crippen molar-refractivity contribution in [2.45, 2.75) is 18.9 Å². The van der Waals surface area contributed by atoms with Crippen LogP contribution >= 0.6 is 0 Å². The summed E-state index contributed by atoms with van der Waals surface area (Å²) in [6, 6.07) is 0. The number of nitrogens with zero attached hydrogens (tertiary/aromatic N) is 5. The van der Waals surface area contributed by atoms with E-state index < -0.39 is 0 Å². The largest absolute Gasteiger partial charge is 0.393 e. The molecular formula is C7H13N5O. The van der Waals surface area contributed by atoms with E-state index >= 15 is 0 Å². The van der Waals surface area contributed by atoms with Gasteiger partial charge in [-0.2, -0.15) is 0 Å². The molecule has 1 aliphatic heterocycles. The zero-order valence-electron chi connectivity index (χ0n) is 7.59. The number of anilines is 1. The van der Waals surface area contributed by atoms with Crippen LogP contribution in [0.1, 0.15) is 12.8 Å². The highest BCUT2D eigenvalue weighted by Crippen LogP contribution is 2.15. The lowest BCUT2D eigenvalue weighted by atomic mass is 10.1. The Morgan fingerprint density at radius 2 is 2.08 bits per heavy atom. The molecule has 2 rings (SSSR count). The summed E-state index contributed by atoms with van der Waals surface area (Å²) in [5.74, 6) is 0.784. The molecule has 1 N–H and O–H groups in total. The van der Waals surface area contributed by atoms with Crippen LogP contribution in [0.3, 0.4) is 0 Å². The first-order valence-electron chi connectivity index (χ1n) is 4.43. The van der Waals surface area contributed by atoms with E-state index in [0.717, 1.165) is 31.9 Å². The summed E-state index contributed by atoms with van der Waals surface area (Å²) in [4.78, 5) is 2.09. The Labute approximate surface area is 76.2 Å². The number of hydrogen-bond acceptors (Lipinski definition) is 5. The Balaban J connectivity index is 2.06. The summed E-state index contributed by atoms with van der Waals surface area (Å²) in [6.45, 7) is 1.66. The maximum absolute atomic E-state index is 9.31. The third kappa shape index (κ3) is 1.62. The molecule has 1 saturated heterocycles. The van der Waals surface area contributed by atoms with Gasteiger partial charge in [0.25, 0.3) is 0 Å². The van der Waals surface area contributed by atoms with Gasteiger partial charge >= 0.3 is 0 Å². The molecule has 0 atom stereocenters. The number of piperidine rings is 1. The standard InChI is InChI=1S/C7H13N5O/c1-11-7(8-9-10-11)12-4-2-6(13)3-5-12/h6,13H,2-5H2,1H3. The van der Waals surface area contributed by atoms with E-state index in [-0.39, 0.29) is 6.10 Å². The van der Waals surface area contributed by atoms with Crippen molar-refractivity contribution in [2.75, 3.05) is 18.0 Å². The molecule has 0 spiro atoms. The molecule has 72 valence electrons. The minimum Gasteiger partial charge on any atom is -0.393 e. The Morgan fingerprint density at radius 1 is 1.38 bits per heavy atom. The molecule has 0 unspecified atom stereocenters. The molecule has 1 aromatic rings. The van der Waals surface area contributed by atoms with Crippen molar-refractivity contribution in [3.63, 3.8) is 0 Å². The van der Waals surface area contributed by atoms with Crippen LogP contribution in [-0.4, -0.2) is 44.5 Å². The van der Waals surface area contributed by atoms with Crippen molar-refractivity contribution in [3.05, 3.63) is 0 Å². The van der Waals surface area contributed by atoms with Crippen LogP contribution in [-0.2, 0) is 7.05 Å². The van der Waals surface area contributed by atoms with Gasteiger partial charge in [-0.25, -0.2) is 4.68 Å². The molecule has 1 aromatic heterocycles. The quantitative estimate of drug-likeness (QED) is 0.615. The first kappa shape index (κ1) is 8.43. The highest BCUT2D eigenvalue weighted by Gasteiger charge is 2.20. The van der Waals surface area contributed by atoms with Crippen molar-refractivity contribution in [3.8, 4) is 0 Å². The molecule has 0 aliphatic carbocycles. The smallest absolute Gasteiger partial charge is 0.245 e. The number of aromatic nitrogens is 4. The lowest BCUT2D eigenvalue weighted by Gasteiger charge is -2.29. The SMILES string of the molecule is Cn1nnnc1N1CCC(O)CC1. The van der Waals surface area contributed by atoms with Gasteiger partial charge in [-0.1, -0.05) is 5.10 Å². The van der Waals surface area contributed by atoms with Crippen molar-refractivity contribution in [1.82, 2.24) is 20.2 Å². The molecule has 13 heavy (non-hydrogen) atoms. The molecule has 0 aromatic carbocycles. The van der Waals surface area contributed by atoms with Gasteiger partial charge in [0.15, 0.2) is 0 Å². The van der Waals surface area contributed by atoms with Crippen molar-refractivity contribution in [2.24, 2.45) is 7.05 Å². The topological polar surface area (TPSA) is 67.1 Å². The fraction of sp³-hybridized carbons (Fsp3) is 0.857. The zero-order chi connectivity index (χ0) is 9.26. The number of tetrazole rings is 1. The van der Waals surface area contributed by atoms with E-state index in [1.54, 1.807) is 4.68 Å². The van der Waals surface area contributed by atoms with Gasteiger partial charge in [0.05, 0.1) is 6.10 Å². The molecule has 0 radical (unpaired) electrons. The van der Waals surface area contributed by atoms with Crippen LogP contribution in [0.5, 0.6) is 0 Å². The lowest BCUT2D eigenvalue weighted by Crippen LogP contribution is -2.37. The van der Waals surface area contributed by atoms with E-state index in [1.165, 1.54) is 0 Å². The van der Waals surface area contributed by atoms with E-state index in [1.807, 2.05) is 7.05 Å². The van der Waals surface area contributed by atoms with E-state index in [2.05, 4.69) is 20.4 Å². The predicted molar refractivity (Wildman–Crippen MR) is 46.3 cm³/mol. The van der Waals surface area contributed by atoms with Crippen LogP contribution in [0.15, 0.2) is 0 Å². The fourth-order valence-corrected chi connectivity index (χ4v) is 1.56. The number of aryl methyl sites for hydroxylation is 1. The highest BCUT2D eigenvalue weighted by molar-refractivity contribution is 5.28. The summed E-state index contributed by atoms with van der Waals surface area (Å²) in [7, 11) is 1.82. The third-order valence-corrected chi connectivity index (χ3v) is 2.35. The Kier molecular flexibility index (Phi) is 2.13. The Bertz CT molecular complexity index is 278. The number of rotatable bonds is 1. The highest BCUT2D eigenvalue weighted by atomic mass is 16.3. The fourth-order valence-electron chi connectivity index (χ4n) is 1.56. The molecular weight excluding hydrogens is 170 g/mol. The van der Waals surface area contributed by atoms with Gasteiger partial charge in [0.1, 0.15) is 0 Å². The van der Waals surface area contributed by atoms with Crippen LogP contribution in [0.25, 0.3) is 0 Å². The summed E-state index contributed by atoms with van der Waals surface area (Å²) in [5, 5.41) is 20.6. The van der Waals surface area contributed by atoms with E-state index in [4.69, 9.17) is 0 Å². The molecule has 6 nitrogen and oxygen atoms in total. The van der Waals surface area contributed by atoms with Crippen molar-refractivity contribution in [1.29, 1.82) is 0 Å². The third-order valence-electron chi connectivity index (χ3n) is 2.35. The van der Waals surface area contributed by atoms with Gasteiger partial charge < -0.3 is 10.0 Å². The number of aliphatic hydroxyl groups is 1. The summed E-state index contributed by atoms with van der Waals surface area (Å²) in [6.07, 6.45) is 1.44. The van der Waals surface area contributed by atoms with Crippen LogP contribution in [0, 0.1) is 0 Å². The van der Waals surface area contributed by atoms with Crippen LogP contribution in [0.4, 0.5) is 5.95 Å². The minimum atomic E-state index is -0.155. The van der Waals surface area contributed by atoms with E-state index in [0.29, 0.717) is 0 Å². The average Bonchev–Trinajstić information content (AvgIpc) is 2.53. The molecule has 0 amide bonds. The monoisotopic (exact) mass is 183 g/mol. The first-order valence-corrected chi connectivity index (χ1v) is 4.43. The van der Waals surface area contributed by atoms with E-state index in [9.17, 15) is 5.11 Å². The molecule has 0 bridgehead atoms. The molecule has 2 heterocycles. The molecule has 6 heteroatoms. The Morgan fingerprint density at radius 3 is 2.62 bits per heavy atom. The summed E-state index contributed by atoms with van der Waals surface area (Å²) in [5.41, 5.74) is 0. The Hall–Kier alpha value is -1.17. The molecule has 0 saturated carbocycles. The maximum Gasteiger partial charge on any atom is 0.245 e. The minimum absolute atomic E-state index is 0.155. The van der Waals surface area contributed by atoms with Gasteiger partial charge in [-0.15, -0.1) is 0 Å². The second-order valence-electron chi connectivity index (χ2n) is 3.32. The summed E-state index contributed by atoms with van der Waals surface area (Å²) >= 11 is 0. The lowest BCUT2D eigenvalue weighted by molar-refractivity contribution is 0.145. The molecule has 1 aliphatic rings. The summed E-state index contributed by atoms with van der Waals surface area (Å²) < 4.78 is 1.65. The zero-order valence-corrected chi connectivity index (χ0v) is 7.59. The van der Waals surface area contributed by atoms with Crippen molar-refractivity contribution < 1.29 is 5.11 Å². The average molecular weight is 183 g/mol. The normalized spacial score (nSPS) is 19.4. The van der Waals surface area contributed by atoms with Gasteiger partial charge in [0.2, 0.25) is 5.95 Å². The van der Waals surface area contributed by atoms with Gasteiger partial charge in [-0.05, 0) is 23.3 Å². The second-order valence-corrected chi connectivity index (χ2v) is 3.32.